The first-order valence-electron chi connectivity index (χ1n) is 6.74. The van der Waals surface area contributed by atoms with Crippen LogP contribution in [0.1, 0.15) is 26.3 Å². The van der Waals surface area contributed by atoms with Gasteiger partial charge in [0.05, 0.1) is 12.1 Å². The molecule has 0 aliphatic rings. The van der Waals surface area contributed by atoms with E-state index in [-0.39, 0.29) is 11.5 Å². The molecule has 0 unspecified atom stereocenters. The summed E-state index contributed by atoms with van der Waals surface area (Å²) in [5, 5.41) is 3.06. The van der Waals surface area contributed by atoms with Crippen molar-refractivity contribution in [2.75, 3.05) is 20.3 Å². The van der Waals surface area contributed by atoms with E-state index >= 15 is 0 Å². The Labute approximate surface area is 125 Å². The van der Waals surface area contributed by atoms with Gasteiger partial charge in [0.15, 0.2) is 0 Å². The van der Waals surface area contributed by atoms with Crippen LogP contribution in [0, 0.1) is 5.82 Å². The van der Waals surface area contributed by atoms with E-state index in [1.54, 1.807) is 19.9 Å². The van der Waals surface area contributed by atoms with Crippen molar-refractivity contribution >= 4 is 10.0 Å². The number of rotatable bonds is 8. The summed E-state index contributed by atoms with van der Waals surface area (Å²) in [5.74, 6) is -0.758. The number of nitrogens with one attached hydrogen (secondary N) is 2. The van der Waals surface area contributed by atoms with Crippen LogP contribution in [0.3, 0.4) is 0 Å². The lowest BCUT2D eigenvalue weighted by molar-refractivity contribution is 0.141. The molecule has 0 heterocycles. The molecule has 0 fully saturated rings. The molecule has 5 nitrogen and oxygen atoms in total. The molecule has 0 spiro atoms. The van der Waals surface area contributed by atoms with E-state index in [1.807, 2.05) is 6.92 Å². The fourth-order valence-electron chi connectivity index (χ4n) is 1.95. The van der Waals surface area contributed by atoms with Crippen molar-refractivity contribution in [2.24, 2.45) is 0 Å². The molecule has 0 aromatic heterocycles. The topological polar surface area (TPSA) is 67.4 Å². The third-order valence-corrected chi connectivity index (χ3v) is 4.51. The summed E-state index contributed by atoms with van der Waals surface area (Å²) in [6, 6.07) is 4.12. The molecule has 0 saturated heterocycles. The number of ether oxygens (including phenoxy) is 1. The second kappa shape index (κ2) is 7.31. The van der Waals surface area contributed by atoms with Crippen LogP contribution in [0.15, 0.2) is 23.1 Å². The molecule has 0 aliphatic heterocycles. The van der Waals surface area contributed by atoms with E-state index in [4.69, 9.17) is 4.74 Å². The highest BCUT2D eigenvalue weighted by atomic mass is 32.2. The van der Waals surface area contributed by atoms with E-state index < -0.39 is 21.4 Å². The Balaban J connectivity index is 2.98. The summed E-state index contributed by atoms with van der Waals surface area (Å²) in [6.45, 7) is 6.73. The molecule has 1 aromatic carbocycles. The third-order valence-electron chi connectivity index (χ3n) is 2.78. The second-order valence-electron chi connectivity index (χ2n) is 5.47. The molecule has 0 radical (unpaired) electrons. The Bertz CT molecular complexity index is 574. The summed E-state index contributed by atoms with van der Waals surface area (Å²) >= 11 is 0. The number of hydrogen-bond acceptors (Lipinski definition) is 4. The second-order valence-corrected chi connectivity index (χ2v) is 7.12. The monoisotopic (exact) mass is 318 g/mol. The van der Waals surface area contributed by atoms with Crippen LogP contribution in [0.25, 0.3) is 0 Å². The van der Waals surface area contributed by atoms with Crippen LogP contribution in [-0.2, 0) is 21.3 Å². The van der Waals surface area contributed by atoms with Gasteiger partial charge in [-0.2, -0.15) is 0 Å². The van der Waals surface area contributed by atoms with E-state index in [0.29, 0.717) is 12.1 Å². The predicted molar refractivity (Wildman–Crippen MR) is 80.1 cm³/mol. The quantitative estimate of drug-likeness (QED) is 0.765. The van der Waals surface area contributed by atoms with E-state index in [2.05, 4.69) is 10.0 Å². The molecule has 0 aliphatic carbocycles. The maximum absolute atomic E-state index is 14.1. The zero-order valence-electron chi connectivity index (χ0n) is 12.9. The fraction of sp³-hybridized carbons (Fsp3) is 0.571. The minimum Gasteiger partial charge on any atom is -0.383 e. The first-order valence-corrected chi connectivity index (χ1v) is 8.22. The van der Waals surface area contributed by atoms with Crippen LogP contribution in [0.4, 0.5) is 4.39 Å². The van der Waals surface area contributed by atoms with Crippen LogP contribution >= 0.6 is 0 Å². The zero-order chi connectivity index (χ0) is 16.1. The summed E-state index contributed by atoms with van der Waals surface area (Å²) in [4.78, 5) is -0.355. The van der Waals surface area contributed by atoms with Crippen molar-refractivity contribution in [3.63, 3.8) is 0 Å². The molecule has 0 saturated carbocycles. The van der Waals surface area contributed by atoms with Crippen molar-refractivity contribution < 1.29 is 17.5 Å². The van der Waals surface area contributed by atoms with Crippen molar-refractivity contribution in [3.8, 4) is 0 Å². The molecular weight excluding hydrogens is 295 g/mol. The van der Waals surface area contributed by atoms with Crippen molar-refractivity contribution in [2.45, 2.75) is 37.8 Å². The van der Waals surface area contributed by atoms with Crippen LogP contribution in [-0.4, -0.2) is 34.2 Å². The number of hydrogen-bond donors (Lipinski definition) is 2. The molecule has 0 amide bonds. The number of benzene rings is 1. The molecule has 7 heteroatoms. The average Bonchev–Trinajstić information content (AvgIpc) is 2.34. The van der Waals surface area contributed by atoms with E-state index in [9.17, 15) is 12.8 Å². The summed E-state index contributed by atoms with van der Waals surface area (Å²) in [5.41, 5.74) is -0.118. The molecule has 1 aromatic rings. The van der Waals surface area contributed by atoms with Gasteiger partial charge in [0, 0.05) is 13.7 Å². The number of methoxy groups -OCH3 is 1. The lowest BCUT2D eigenvalue weighted by Crippen LogP contribution is -2.46. The normalized spacial score (nSPS) is 12.6. The molecular formula is C14H23FN2O3S. The maximum atomic E-state index is 14.1. The Morgan fingerprint density at radius 3 is 2.52 bits per heavy atom. The van der Waals surface area contributed by atoms with Gasteiger partial charge in [0.25, 0.3) is 0 Å². The number of sulfonamides is 1. The Hall–Kier alpha value is -1.02. The van der Waals surface area contributed by atoms with Crippen LogP contribution in [0.2, 0.25) is 0 Å². The largest absolute Gasteiger partial charge is 0.383 e. The summed E-state index contributed by atoms with van der Waals surface area (Å²) < 4.78 is 45.9. The highest BCUT2D eigenvalue weighted by molar-refractivity contribution is 7.89. The van der Waals surface area contributed by atoms with Crippen LogP contribution < -0.4 is 10.0 Å². The minimum atomic E-state index is -3.93. The number of halogens is 1. The lowest BCUT2D eigenvalue weighted by atomic mass is 10.1. The molecule has 0 atom stereocenters. The molecule has 1 rings (SSSR count). The molecule has 21 heavy (non-hydrogen) atoms. The Morgan fingerprint density at radius 1 is 1.33 bits per heavy atom. The highest BCUT2D eigenvalue weighted by Gasteiger charge is 2.28. The summed E-state index contributed by atoms with van der Waals surface area (Å²) in [7, 11) is -2.46. The minimum absolute atomic E-state index is 0.187. The standard InChI is InChI=1S/C14H23FN2O3S/c1-5-16-9-11-6-7-13(12(15)8-11)21(18,19)17-14(2,3)10-20-4/h6-8,16-17H,5,9-10H2,1-4H3. The molecule has 120 valence electrons. The first kappa shape index (κ1) is 18.0. The van der Waals surface area contributed by atoms with Gasteiger partial charge in [-0.3, -0.25) is 0 Å². The van der Waals surface area contributed by atoms with Crippen LogP contribution in [0.5, 0.6) is 0 Å². The fourth-order valence-corrected chi connectivity index (χ4v) is 3.41. The van der Waals surface area contributed by atoms with Gasteiger partial charge in [0.1, 0.15) is 10.7 Å². The highest BCUT2D eigenvalue weighted by Crippen LogP contribution is 2.18. The molecule has 2 N–H and O–H groups in total. The van der Waals surface area contributed by atoms with Gasteiger partial charge in [0.2, 0.25) is 10.0 Å². The lowest BCUT2D eigenvalue weighted by Gasteiger charge is -2.25. The maximum Gasteiger partial charge on any atom is 0.244 e. The summed E-state index contributed by atoms with van der Waals surface area (Å²) in [6.07, 6.45) is 0. The van der Waals surface area contributed by atoms with Gasteiger partial charge < -0.3 is 10.1 Å². The first-order chi connectivity index (χ1) is 9.72. The Kier molecular flexibility index (Phi) is 6.27. The average molecular weight is 318 g/mol. The van der Waals surface area contributed by atoms with E-state index in [0.717, 1.165) is 6.54 Å². The van der Waals surface area contributed by atoms with Gasteiger partial charge in [-0.1, -0.05) is 13.0 Å². The SMILES string of the molecule is CCNCc1ccc(S(=O)(=O)NC(C)(C)COC)c(F)c1. The predicted octanol–water partition coefficient (Wildman–Crippen LogP) is 1.64. The van der Waals surface area contributed by atoms with Gasteiger partial charge in [-0.25, -0.2) is 17.5 Å². The van der Waals surface area contributed by atoms with E-state index in [1.165, 1.54) is 19.2 Å². The Morgan fingerprint density at radius 2 is 2.00 bits per heavy atom. The van der Waals surface area contributed by atoms with Crippen molar-refractivity contribution in [3.05, 3.63) is 29.6 Å². The van der Waals surface area contributed by atoms with Gasteiger partial charge in [-0.05, 0) is 38.1 Å². The smallest absolute Gasteiger partial charge is 0.244 e. The zero-order valence-corrected chi connectivity index (χ0v) is 13.7. The van der Waals surface area contributed by atoms with Gasteiger partial charge in [-0.15, -0.1) is 0 Å². The van der Waals surface area contributed by atoms with Gasteiger partial charge >= 0.3 is 0 Å². The third kappa shape index (κ3) is 5.35. The van der Waals surface area contributed by atoms with Crippen molar-refractivity contribution in [1.29, 1.82) is 0 Å². The molecule has 0 bridgehead atoms. The van der Waals surface area contributed by atoms with Crippen molar-refractivity contribution in [1.82, 2.24) is 10.0 Å².